The summed E-state index contributed by atoms with van der Waals surface area (Å²) < 4.78 is 0. The molecule has 0 saturated carbocycles. The number of imide groups is 1. The van der Waals surface area contributed by atoms with Crippen molar-refractivity contribution < 1.29 is 9.59 Å². The van der Waals surface area contributed by atoms with Crippen LogP contribution in [0.5, 0.6) is 0 Å². The molecule has 0 bridgehead atoms. The molecule has 2 aliphatic rings. The van der Waals surface area contributed by atoms with E-state index in [-0.39, 0.29) is 35.5 Å². The van der Waals surface area contributed by atoms with Crippen LogP contribution in [0.25, 0.3) is 0 Å². The summed E-state index contributed by atoms with van der Waals surface area (Å²) in [6.45, 7) is 0.384. The van der Waals surface area contributed by atoms with Crippen LogP contribution in [0.3, 0.4) is 0 Å². The lowest BCUT2D eigenvalue weighted by molar-refractivity contribution is -0.139. The number of nitrogens with zero attached hydrogens (tertiary/aromatic N) is 1. The van der Waals surface area contributed by atoms with Gasteiger partial charge in [-0.05, 0) is 35.2 Å². The van der Waals surface area contributed by atoms with Crippen molar-refractivity contribution in [3.8, 4) is 0 Å². The van der Waals surface area contributed by atoms with Crippen molar-refractivity contribution in [2.75, 3.05) is 6.54 Å². The van der Waals surface area contributed by atoms with E-state index in [4.69, 9.17) is 11.6 Å². The second-order valence-electron chi connectivity index (χ2n) is 8.51. The molecule has 1 saturated heterocycles. The second kappa shape index (κ2) is 8.76. The first-order valence-corrected chi connectivity index (χ1v) is 11.4. The monoisotopic (exact) mass is 441 g/mol. The maximum Gasteiger partial charge on any atom is 0.234 e. The maximum atomic E-state index is 13.6. The molecule has 4 heteroatoms. The highest BCUT2D eigenvalue weighted by Gasteiger charge is 2.54. The Kier molecular flexibility index (Phi) is 5.67. The van der Waals surface area contributed by atoms with Gasteiger partial charge in [-0.1, -0.05) is 96.5 Å². The van der Waals surface area contributed by atoms with Crippen molar-refractivity contribution in [3.05, 3.63) is 119 Å². The highest BCUT2D eigenvalue weighted by Crippen LogP contribution is 2.49. The molecular formula is C28H24ClNO2. The minimum atomic E-state index is -0.384. The lowest BCUT2D eigenvalue weighted by Gasteiger charge is -2.32. The fourth-order valence-corrected chi connectivity index (χ4v) is 5.23. The van der Waals surface area contributed by atoms with E-state index in [1.165, 1.54) is 4.90 Å². The molecule has 5 rings (SSSR count). The van der Waals surface area contributed by atoms with Crippen molar-refractivity contribution in [3.63, 3.8) is 0 Å². The third kappa shape index (κ3) is 3.78. The summed E-state index contributed by atoms with van der Waals surface area (Å²) in [5.74, 6) is -1.09. The molecule has 4 atom stereocenters. The molecular weight excluding hydrogens is 418 g/mol. The number of fused-ring (bicyclic) bond motifs is 1. The highest BCUT2D eigenvalue weighted by molar-refractivity contribution is 6.30. The molecule has 1 fully saturated rings. The molecule has 1 aliphatic carbocycles. The number of benzene rings is 3. The summed E-state index contributed by atoms with van der Waals surface area (Å²) in [5, 5.41) is 0.676. The number of carbonyl (C=O) groups is 2. The van der Waals surface area contributed by atoms with Gasteiger partial charge in [0.2, 0.25) is 11.8 Å². The smallest absolute Gasteiger partial charge is 0.234 e. The van der Waals surface area contributed by atoms with Crippen LogP contribution < -0.4 is 0 Å². The van der Waals surface area contributed by atoms with E-state index in [0.717, 1.165) is 16.7 Å². The molecule has 0 aromatic heterocycles. The zero-order chi connectivity index (χ0) is 22.1. The quantitative estimate of drug-likeness (QED) is 0.380. The van der Waals surface area contributed by atoms with Gasteiger partial charge in [-0.25, -0.2) is 0 Å². The van der Waals surface area contributed by atoms with E-state index in [9.17, 15) is 9.59 Å². The van der Waals surface area contributed by atoms with Crippen LogP contribution in [0.1, 0.15) is 28.5 Å². The van der Waals surface area contributed by atoms with Gasteiger partial charge in [-0.2, -0.15) is 0 Å². The van der Waals surface area contributed by atoms with Crippen LogP contribution in [0.15, 0.2) is 97.1 Å². The van der Waals surface area contributed by atoms with Gasteiger partial charge in [-0.15, -0.1) is 0 Å². The van der Waals surface area contributed by atoms with Crippen molar-refractivity contribution in [1.29, 1.82) is 0 Å². The molecule has 32 heavy (non-hydrogen) atoms. The Morgan fingerprint density at radius 2 is 1.12 bits per heavy atom. The van der Waals surface area contributed by atoms with E-state index in [0.29, 0.717) is 18.0 Å². The standard InChI is InChI=1S/C28H24ClNO2/c29-22-13-11-19(12-14-22)17-18-30-27(31)25-23(20-7-3-1-4-8-20)15-16-24(26(25)28(30)32)21-9-5-2-6-10-21/h1-16,23-26H,17-18H2/t23-,24-,25-,26-/m1/s1. The van der Waals surface area contributed by atoms with Gasteiger partial charge in [0.15, 0.2) is 0 Å². The number of carbonyl (C=O) groups excluding carboxylic acids is 2. The third-order valence-corrected chi connectivity index (χ3v) is 6.95. The van der Waals surface area contributed by atoms with Crippen molar-refractivity contribution in [2.24, 2.45) is 11.8 Å². The predicted molar refractivity (Wildman–Crippen MR) is 126 cm³/mol. The van der Waals surface area contributed by atoms with Crippen molar-refractivity contribution in [2.45, 2.75) is 18.3 Å². The summed E-state index contributed by atoms with van der Waals surface area (Å²) in [7, 11) is 0. The summed E-state index contributed by atoms with van der Waals surface area (Å²) in [6.07, 6.45) is 4.87. The number of halogens is 1. The minimum absolute atomic E-state index is 0.0619. The molecule has 1 aliphatic heterocycles. The molecule has 3 aromatic carbocycles. The first kappa shape index (κ1) is 20.7. The van der Waals surface area contributed by atoms with Gasteiger partial charge < -0.3 is 0 Å². The van der Waals surface area contributed by atoms with E-state index in [2.05, 4.69) is 12.2 Å². The number of likely N-dealkylation sites (tertiary alicyclic amines) is 1. The first-order valence-electron chi connectivity index (χ1n) is 11.0. The lowest BCUT2D eigenvalue weighted by atomic mass is 9.68. The highest BCUT2D eigenvalue weighted by atomic mass is 35.5. The molecule has 1 heterocycles. The largest absolute Gasteiger partial charge is 0.282 e. The lowest BCUT2D eigenvalue weighted by Crippen LogP contribution is -2.33. The van der Waals surface area contributed by atoms with Crippen molar-refractivity contribution in [1.82, 2.24) is 4.90 Å². The van der Waals surface area contributed by atoms with Gasteiger partial charge in [0, 0.05) is 23.4 Å². The van der Waals surface area contributed by atoms with Crippen LogP contribution in [0.4, 0.5) is 0 Å². The Morgan fingerprint density at radius 1 is 0.656 bits per heavy atom. The third-order valence-electron chi connectivity index (χ3n) is 6.70. The summed E-state index contributed by atoms with van der Waals surface area (Å²) in [4.78, 5) is 28.8. The van der Waals surface area contributed by atoms with Crippen LogP contribution in [0.2, 0.25) is 5.02 Å². The zero-order valence-corrected chi connectivity index (χ0v) is 18.4. The molecule has 3 aromatic rings. The number of amides is 2. The van der Waals surface area contributed by atoms with Crippen LogP contribution in [0, 0.1) is 11.8 Å². The Labute approximate surface area is 193 Å². The average molecular weight is 442 g/mol. The fraction of sp³-hybridized carbons (Fsp3) is 0.214. The number of allylic oxidation sites excluding steroid dienone is 2. The molecule has 0 radical (unpaired) electrons. The summed E-state index contributed by atoms with van der Waals surface area (Å²) >= 11 is 5.99. The minimum Gasteiger partial charge on any atom is -0.282 e. The van der Waals surface area contributed by atoms with Crippen molar-refractivity contribution >= 4 is 23.4 Å². The number of hydrogen-bond acceptors (Lipinski definition) is 2. The molecule has 160 valence electrons. The summed E-state index contributed by atoms with van der Waals surface area (Å²) in [6, 6.07) is 27.6. The van der Waals surface area contributed by atoms with E-state index in [1.807, 2.05) is 84.9 Å². The Hall–Kier alpha value is -3.17. The molecule has 3 nitrogen and oxygen atoms in total. The Balaban J connectivity index is 1.48. The molecule has 0 N–H and O–H groups in total. The summed E-state index contributed by atoms with van der Waals surface area (Å²) in [5.41, 5.74) is 3.21. The van der Waals surface area contributed by atoms with Gasteiger partial charge in [-0.3, -0.25) is 14.5 Å². The predicted octanol–water partition coefficient (Wildman–Crippen LogP) is 5.62. The average Bonchev–Trinajstić information content (AvgIpc) is 3.09. The topological polar surface area (TPSA) is 37.4 Å². The number of rotatable bonds is 5. The number of hydrogen-bond donors (Lipinski definition) is 0. The van der Waals surface area contributed by atoms with E-state index >= 15 is 0 Å². The van der Waals surface area contributed by atoms with Crippen LogP contribution >= 0.6 is 11.6 Å². The van der Waals surface area contributed by atoms with Gasteiger partial charge in [0.1, 0.15) is 0 Å². The SMILES string of the molecule is O=C1[C@H]2[C@H](C(=O)N1CCc1ccc(Cl)cc1)[C@@H](c1ccccc1)C=C[C@@H]2c1ccccc1. The molecule has 0 unspecified atom stereocenters. The maximum absolute atomic E-state index is 13.6. The Morgan fingerprint density at radius 3 is 1.59 bits per heavy atom. The normalized spacial score (nSPS) is 24.6. The van der Waals surface area contributed by atoms with Gasteiger partial charge >= 0.3 is 0 Å². The van der Waals surface area contributed by atoms with Crippen LogP contribution in [-0.4, -0.2) is 23.3 Å². The Bertz CT molecular complexity index is 1070. The van der Waals surface area contributed by atoms with Gasteiger partial charge in [0.05, 0.1) is 11.8 Å². The van der Waals surface area contributed by atoms with Crippen LogP contribution in [-0.2, 0) is 16.0 Å². The fourth-order valence-electron chi connectivity index (χ4n) is 5.11. The van der Waals surface area contributed by atoms with Gasteiger partial charge in [0.25, 0.3) is 0 Å². The van der Waals surface area contributed by atoms with E-state index < -0.39 is 0 Å². The zero-order valence-electron chi connectivity index (χ0n) is 17.6. The second-order valence-corrected chi connectivity index (χ2v) is 8.95. The van der Waals surface area contributed by atoms with E-state index in [1.54, 1.807) is 0 Å². The first-order chi connectivity index (χ1) is 15.6. The molecule has 0 spiro atoms. The molecule has 2 amide bonds.